The second-order valence-corrected chi connectivity index (χ2v) is 8.34. The van der Waals surface area contributed by atoms with Crippen LogP contribution in [0.25, 0.3) is 0 Å². The Morgan fingerprint density at radius 3 is 2.64 bits per heavy atom. The van der Waals surface area contributed by atoms with Crippen molar-refractivity contribution in [2.75, 3.05) is 79.7 Å². The topological polar surface area (TPSA) is 43.0 Å². The van der Waals surface area contributed by atoms with E-state index in [1.54, 1.807) is 7.11 Å². The molecule has 4 fully saturated rings. The lowest BCUT2D eigenvalue weighted by atomic mass is 9.75. The minimum absolute atomic E-state index is 0.643. The third-order valence-corrected chi connectivity index (χ3v) is 6.48. The molecule has 4 unspecified atom stereocenters. The molecule has 0 spiro atoms. The van der Waals surface area contributed by atoms with Gasteiger partial charge in [-0.3, -0.25) is 4.90 Å². The second-order valence-electron chi connectivity index (χ2n) is 7.93. The van der Waals surface area contributed by atoms with Gasteiger partial charge in [0, 0.05) is 65.5 Å². The Morgan fingerprint density at radius 2 is 1.96 bits per heavy atom. The van der Waals surface area contributed by atoms with Gasteiger partial charge in [-0.25, -0.2) is 0 Å². The Bertz CT molecular complexity index is 430. The molecule has 25 heavy (non-hydrogen) atoms. The molecule has 7 heteroatoms. The van der Waals surface area contributed by atoms with Gasteiger partial charge in [-0.2, -0.15) is 0 Å². The molecule has 4 atom stereocenters. The van der Waals surface area contributed by atoms with Gasteiger partial charge in [-0.15, -0.1) is 0 Å². The lowest BCUT2D eigenvalue weighted by Crippen LogP contribution is -2.59. The number of likely N-dealkylation sites (N-methyl/N-ethyl adjacent to an activating group) is 1. The van der Waals surface area contributed by atoms with Crippen molar-refractivity contribution in [1.82, 2.24) is 25.3 Å². The Balaban J connectivity index is 1.39. The number of piperazine rings is 1. The fraction of sp³-hybridized carbons (Fsp3) is 0.944. The van der Waals surface area contributed by atoms with Crippen LogP contribution in [0.2, 0.25) is 0 Å². The van der Waals surface area contributed by atoms with Crippen molar-refractivity contribution >= 4 is 17.3 Å². The molecule has 0 aromatic rings. The summed E-state index contributed by atoms with van der Waals surface area (Å²) in [6.45, 7) is 11.2. The number of nitrogens with one attached hydrogen (secondary N) is 2. The normalized spacial score (nSPS) is 33.4. The van der Waals surface area contributed by atoms with Crippen LogP contribution in [0.5, 0.6) is 0 Å². The van der Waals surface area contributed by atoms with Gasteiger partial charge >= 0.3 is 0 Å². The summed E-state index contributed by atoms with van der Waals surface area (Å²) in [5, 5.41) is 7.36. The van der Waals surface area contributed by atoms with Crippen LogP contribution in [-0.2, 0) is 4.74 Å². The summed E-state index contributed by atoms with van der Waals surface area (Å²) in [5.74, 6) is 1.76. The van der Waals surface area contributed by atoms with Gasteiger partial charge in [0.05, 0.1) is 6.61 Å². The van der Waals surface area contributed by atoms with E-state index in [-0.39, 0.29) is 0 Å². The maximum atomic E-state index is 5.36. The molecule has 4 heterocycles. The highest BCUT2D eigenvalue weighted by atomic mass is 32.1. The van der Waals surface area contributed by atoms with E-state index in [2.05, 4.69) is 32.4 Å². The molecule has 0 aromatic heterocycles. The maximum Gasteiger partial charge on any atom is 0.166 e. The number of hydrogen-bond acceptors (Lipinski definition) is 5. The van der Waals surface area contributed by atoms with Gasteiger partial charge in [0.1, 0.15) is 0 Å². The highest BCUT2D eigenvalue weighted by Crippen LogP contribution is 2.36. The van der Waals surface area contributed by atoms with Crippen LogP contribution in [0.4, 0.5) is 0 Å². The van der Waals surface area contributed by atoms with Gasteiger partial charge in [0.2, 0.25) is 0 Å². The van der Waals surface area contributed by atoms with Gasteiger partial charge < -0.3 is 25.2 Å². The van der Waals surface area contributed by atoms with E-state index in [9.17, 15) is 0 Å². The Kier molecular flexibility index (Phi) is 7.30. The van der Waals surface area contributed by atoms with Crippen molar-refractivity contribution in [1.29, 1.82) is 0 Å². The summed E-state index contributed by atoms with van der Waals surface area (Å²) < 4.78 is 5.04. The van der Waals surface area contributed by atoms with E-state index in [0.717, 1.165) is 30.0 Å². The maximum absolute atomic E-state index is 5.36. The molecule has 4 aliphatic rings. The van der Waals surface area contributed by atoms with Crippen molar-refractivity contribution in [3.63, 3.8) is 0 Å². The molecule has 0 amide bonds. The lowest BCUT2D eigenvalue weighted by Gasteiger charge is -2.51. The van der Waals surface area contributed by atoms with Gasteiger partial charge in [0.15, 0.2) is 5.11 Å². The van der Waals surface area contributed by atoms with Crippen molar-refractivity contribution in [2.24, 2.45) is 11.8 Å². The van der Waals surface area contributed by atoms with Crippen molar-refractivity contribution in [3.8, 4) is 0 Å². The smallest absolute Gasteiger partial charge is 0.166 e. The summed E-state index contributed by atoms with van der Waals surface area (Å²) in [5.41, 5.74) is 0. The molecule has 4 aliphatic heterocycles. The number of rotatable bonds is 7. The molecule has 0 aliphatic carbocycles. The molecule has 2 N–H and O–H groups in total. The fourth-order valence-electron chi connectivity index (χ4n) is 4.57. The van der Waals surface area contributed by atoms with Gasteiger partial charge in [-0.1, -0.05) is 0 Å². The van der Waals surface area contributed by atoms with E-state index in [1.165, 1.54) is 58.7 Å². The molecular weight excluding hydrogens is 334 g/mol. The Morgan fingerprint density at radius 1 is 1.16 bits per heavy atom. The predicted molar refractivity (Wildman–Crippen MR) is 106 cm³/mol. The molecule has 0 aromatic carbocycles. The SMILES string of the molecule is COCCNC(=S)NCC1CC2CCN1CC2CN1CCN(C)CC1. The summed E-state index contributed by atoms with van der Waals surface area (Å²) in [6, 6.07) is 0.643. The van der Waals surface area contributed by atoms with E-state index < -0.39 is 0 Å². The minimum Gasteiger partial charge on any atom is -0.383 e. The highest BCUT2D eigenvalue weighted by molar-refractivity contribution is 7.80. The number of ether oxygens (including phenoxy) is 1. The molecule has 0 saturated carbocycles. The monoisotopic (exact) mass is 369 g/mol. The number of methoxy groups -OCH3 is 1. The van der Waals surface area contributed by atoms with Crippen LogP contribution in [-0.4, -0.2) is 106 Å². The lowest BCUT2D eigenvalue weighted by molar-refractivity contribution is -0.0152. The third kappa shape index (κ3) is 5.50. The Labute approximate surface area is 158 Å². The quantitative estimate of drug-likeness (QED) is 0.486. The van der Waals surface area contributed by atoms with Gasteiger partial charge in [-0.05, 0) is 50.5 Å². The van der Waals surface area contributed by atoms with Crippen LogP contribution in [0.15, 0.2) is 0 Å². The van der Waals surface area contributed by atoms with E-state index in [1.807, 2.05) is 0 Å². The van der Waals surface area contributed by atoms with E-state index >= 15 is 0 Å². The average molecular weight is 370 g/mol. The minimum atomic E-state index is 0.643. The first-order chi connectivity index (χ1) is 12.2. The van der Waals surface area contributed by atoms with Crippen LogP contribution in [0.1, 0.15) is 12.8 Å². The molecular formula is C18H35N5OS. The number of thiocarbonyl (C=S) groups is 1. The summed E-state index contributed by atoms with van der Waals surface area (Å²) >= 11 is 5.36. The van der Waals surface area contributed by atoms with Crippen LogP contribution < -0.4 is 10.6 Å². The number of fused-ring (bicyclic) bond motifs is 3. The molecule has 2 bridgehead atoms. The first-order valence-electron chi connectivity index (χ1n) is 9.81. The summed E-state index contributed by atoms with van der Waals surface area (Å²) in [6.07, 6.45) is 2.71. The fourth-order valence-corrected chi connectivity index (χ4v) is 4.76. The van der Waals surface area contributed by atoms with Crippen LogP contribution in [0.3, 0.4) is 0 Å². The van der Waals surface area contributed by atoms with Crippen LogP contribution >= 0.6 is 12.2 Å². The third-order valence-electron chi connectivity index (χ3n) is 6.19. The predicted octanol–water partition coefficient (Wildman–Crippen LogP) is 0.0547. The van der Waals surface area contributed by atoms with Crippen molar-refractivity contribution in [2.45, 2.75) is 18.9 Å². The van der Waals surface area contributed by atoms with Crippen molar-refractivity contribution in [3.05, 3.63) is 0 Å². The van der Waals surface area contributed by atoms with Crippen LogP contribution in [0, 0.1) is 11.8 Å². The standard InChI is InChI=1S/C18H35N5OS/c1-21-6-8-22(9-7-21)13-16-14-23-5-3-15(16)11-17(23)12-20-18(25)19-4-10-24-2/h15-17H,3-14H2,1-2H3,(H2,19,20,25). The number of piperidine rings is 3. The zero-order valence-electron chi connectivity index (χ0n) is 15.9. The molecule has 6 nitrogen and oxygen atoms in total. The van der Waals surface area contributed by atoms with E-state index in [4.69, 9.17) is 17.0 Å². The van der Waals surface area contributed by atoms with Crippen molar-refractivity contribution < 1.29 is 4.74 Å². The zero-order valence-corrected chi connectivity index (χ0v) is 16.7. The summed E-state index contributed by atoms with van der Waals surface area (Å²) in [4.78, 5) is 7.83. The first-order valence-corrected chi connectivity index (χ1v) is 10.2. The largest absolute Gasteiger partial charge is 0.383 e. The second kappa shape index (κ2) is 9.46. The molecule has 144 valence electrons. The molecule has 0 radical (unpaired) electrons. The average Bonchev–Trinajstić information content (AvgIpc) is 2.63. The Hall–Kier alpha value is -0.470. The van der Waals surface area contributed by atoms with E-state index in [0.29, 0.717) is 12.6 Å². The molecule has 4 rings (SSSR count). The summed E-state index contributed by atoms with van der Waals surface area (Å²) in [7, 11) is 3.94. The first kappa shape index (κ1) is 19.3. The number of nitrogens with zero attached hydrogens (tertiary/aromatic N) is 3. The molecule has 4 saturated heterocycles. The zero-order chi connectivity index (χ0) is 17.6. The number of hydrogen-bond donors (Lipinski definition) is 2. The highest BCUT2D eigenvalue weighted by Gasteiger charge is 2.40. The van der Waals surface area contributed by atoms with Gasteiger partial charge in [0.25, 0.3) is 0 Å².